The van der Waals surface area contributed by atoms with Crippen molar-refractivity contribution in [3.8, 4) is 0 Å². The number of hydrogen-bond donors (Lipinski definition) is 1. The fourth-order valence-corrected chi connectivity index (χ4v) is 3.55. The standard InChI is InChI=1S/C20H22N2O2S/c1-14(2)20(24)22-10-3-4-16-6-7-17(12-18(16)22)21-19(23)8-5-15-9-11-25-13-15/h5-9,11-14H,3-4,10H2,1-2H3,(H,21,23)/b8-5+. The Balaban J connectivity index is 1.76. The number of nitrogens with one attached hydrogen (secondary N) is 1. The normalized spacial score (nSPS) is 14.0. The molecule has 2 heterocycles. The summed E-state index contributed by atoms with van der Waals surface area (Å²) in [7, 11) is 0. The third-order valence-corrected chi connectivity index (χ3v) is 4.90. The van der Waals surface area contributed by atoms with Gasteiger partial charge in [-0.2, -0.15) is 11.3 Å². The molecule has 1 aliphatic rings. The van der Waals surface area contributed by atoms with E-state index in [0.29, 0.717) is 5.69 Å². The van der Waals surface area contributed by atoms with E-state index >= 15 is 0 Å². The third kappa shape index (κ3) is 4.17. The van der Waals surface area contributed by atoms with Gasteiger partial charge in [0.25, 0.3) is 0 Å². The molecule has 3 rings (SSSR count). The van der Waals surface area contributed by atoms with Crippen LogP contribution in [-0.4, -0.2) is 18.4 Å². The van der Waals surface area contributed by atoms with Crippen LogP contribution in [0.2, 0.25) is 0 Å². The van der Waals surface area contributed by atoms with Crippen molar-refractivity contribution in [2.24, 2.45) is 5.92 Å². The zero-order chi connectivity index (χ0) is 17.8. The quantitative estimate of drug-likeness (QED) is 0.831. The van der Waals surface area contributed by atoms with Crippen LogP contribution in [0.4, 0.5) is 11.4 Å². The van der Waals surface area contributed by atoms with Crippen molar-refractivity contribution in [3.63, 3.8) is 0 Å². The van der Waals surface area contributed by atoms with Crippen molar-refractivity contribution >= 4 is 40.6 Å². The summed E-state index contributed by atoms with van der Waals surface area (Å²) in [6, 6.07) is 7.78. The first-order chi connectivity index (χ1) is 12.0. The molecule has 0 radical (unpaired) electrons. The molecule has 0 saturated heterocycles. The Morgan fingerprint density at radius 3 is 2.84 bits per heavy atom. The molecule has 5 heteroatoms. The number of carbonyl (C=O) groups excluding carboxylic acids is 2. The summed E-state index contributed by atoms with van der Waals surface area (Å²) in [5.74, 6) is -0.0942. The van der Waals surface area contributed by atoms with Gasteiger partial charge in [0.05, 0.1) is 0 Å². The van der Waals surface area contributed by atoms with Crippen LogP contribution in [0.3, 0.4) is 0 Å². The zero-order valence-corrected chi connectivity index (χ0v) is 15.3. The van der Waals surface area contributed by atoms with Gasteiger partial charge in [0, 0.05) is 29.9 Å². The summed E-state index contributed by atoms with van der Waals surface area (Å²) in [4.78, 5) is 26.4. The maximum atomic E-state index is 12.5. The van der Waals surface area contributed by atoms with E-state index in [1.165, 1.54) is 6.08 Å². The Bertz CT molecular complexity index is 794. The van der Waals surface area contributed by atoms with E-state index in [-0.39, 0.29) is 17.7 Å². The van der Waals surface area contributed by atoms with Crippen LogP contribution in [0.5, 0.6) is 0 Å². The molecule has 25 heavy (non-hydrogen) atoms. The third-order valence-electron chi connectivity index (χ3n) is 4.20. The number of anilines is 2. The number of fused-ring (bicyclic) bond motifs is 1. The molecule has 2 aromatic rings. The van der Waals surface area contributed by atoms with Crippen molar-refractivity contribution in [2.75, 3.05) is 16.8 Å². The van der Waals surface area contributed by atoms with E-state index < -0.39 is 0 Å². The van der Waals surface area contributed by atoms with E-state index in [1.807, 2.05) is 53.8 Å². The van der Waals surface area contributed by atoms with E-state index in [1.54, 1.807) is 17.4 Å². The highest BCUT2D eigenvalue weighted by Crippen LogP contribution is 2.31. The van der Waals surface area contributed by atoms with Crippen LogP contribution >= 0.6 is 11.3 Å². The van der Waals surface area contributed by atoms with Gasteiger partial charge in [-0.25, -0.2) is 0 Å². The molecule has 1 N–H and O–H groups in total. The molecule has 4 nitrogen and oxygen atoms in total. The highest BCUT2D eigenvalue weighted by molar-refractivity contribution is 7.08. The van der Waals surface area contributed by atoms with Crippen molar-refractivity contribution < 1.29 is 9.59 Å². The van der Waals surface area contributed by atoms with E-state index in [2.05, 4.69) is 5.32 Å². The molecule has 0 bridgehead atoms. The van der Waals surface area contributed by atoms with Crippen molar-refractivity contribution in [1.29, 1.82) is 0 Å². The second kappa shape index (κ2) is 7.66. The number of carbonyl (C=O) groups is 2. The van der Waals surface area contributed by atoms with Crippen molar-refractivity contribution in [3.05, 3.63) is 52.2 Å². The second-order valence-corrected chi connectivity index (χ2v) is 7.25. The molecule has 1 aliphatic heterocycles. The summed E-state index contributed by atoms with van der Waals surface area (Å²) in [6.45, 7) is 4.56. The second-order valence-electron chi connectivity index (χ2n) is 6.47. The average molecular weight is 354 g/mol. The lowest BCUT2D eigenvalue weighted by molar-refractivity contribution is -0.121. The van der Waals surface area contributed by atoms with Crippen LogP contribution in [0.15, 0.2) is 41.1 Å². The molecule has 0 atom stereocenters. The molecule has 0 aliphatic carbocycles. The predicted octanol–water partition coefficient (Wildman–Crippen LogP) is 4.34. The van der Waals surface area contributed by atoms with Gasteiger partial charge in [-0.1, -0.05) is 19.9 Å². The lowest BCUT2D eigenvalue weighted by Gasteiger charge is -2.31. The van der Waals surface area contributed by atoms with Crippen LogP contribution in [0.1, 0.15) is 31.4 Å². The number of hydrogen-bond acceptors (Lipinski definition) is 3. The molecule has 0 fully saturated rings. The number of amides is 2. The van der Waals surface area contributed by atoms with E-state index in [0.717, 1.165) is 36.2 Å². The molecule has 1 aromatic carbocycles. The van der Waals surface area contributed by atoms with Crippen LogP contribution in [0.25, 0.3) is 6.08 Å². The van der Waals surface area contributed by atoms with Crippen LogP contribution in [-0.2, 0) is 16.0 Å². The molecule has 0 saturated carbocycles. The zero-order valence-electron chi connectivity index (χ0n) is 14.5. The Morgan fingerprint density at radius 1 is 1.28 bits per heavy atom. The highest BCUT2D eigenvalue weighted by Gasteiger charge is 2.24. The number of benzene rings is 1. The van der Waals surface area contributed by atoms with Gasteiger partial charge in [0.1, 0.15) is 0 Å². The van der Waals surface area contributed by atoms with Crippen LogP contribution < -0.4 is 10.2 Å². The molecular weight excluding hydrogens is 332 g/mol. The molecule has 0 unspecified atom stereocenters. The molecule has 2 amide bonds. The Labute approximate surface area is 152 Å². The maximum Gasteiger partial charge on any atom is 0.248 e. The molecule has 130 valence electrons. The van der Waals surface area contributed by atoms with Crippen molar-refractivity contribution in [1.82, 2.24) is 0 Å². The Kier molecular flexibility index (Phi) is 5.34. The minimum absolute atomic E-state index is 0.0438. The fourth-order valence-electron chi connectivity index (χ4n) is 2.92. The van der Waals surface area contributed by atoms with Gasteiger partial charge < -0.3 is 10.2 Å². The van der Waals surface area contributed by atoms with E-state index in [4.69, 9.17) is 0 Å². The highest BCUT2D eigenvalue weighted by atomic mass is 32.1. The number of rotatable bonds is 4. The summed E-state index contributed by atoms with van der Waals surface area (Å²) in [5.41, 5.74) is 3.80. The Hall–Kier alpha value is -2.40. The van der Waals surface area contributed by atoms with Gasteiger partial charge in [-0.05, 0) is 59.0 Å². The minimum Gasteiger partial charge on any atom is -0.322 e. The number of aryl methyl sites for hydroxylation is 1. The number of thiophene rings is 1. The molecular formula is C20H22N2O2S. The van der Waals surface area contributed by atoms with Gasteiger partial charge in [0.2, 0.25) is 11.8 Å². The van der Waals surface area contributed by atoms with Gasteiger partial charge in [0.15, 0.2) is 0 Å². The minimum atomic E-state index is -0.177. The molecule has 1 aromatic heterocycles. The summed E-state index contributed by atoms with van der Waals surface area (Å²) < 4.78 is 0. The number of nitrogens with zero attached hydrogens (tertiary/aromatic N) is 1. The SMILES string of the molecule is CC(C)C(=O)N1CCCc2ccc(NC(=O)/C=C/c3ccsc3)cc21. The largest absolute Gasteiger partial charge is 0.322 e. The molecule has 0 spiro atoms. The van der Waals surface area contributed by atoms with Gasteiger partial charge in [-0.3, -0.25) is 9.59 Å². The first-order valence-electron chi connectivity index (χ1n) is 8.50. The smallest absolute Gasteiger partial charge is 0.248 e. The summed E-state index contributed by atoms with van der Waals surface area (Å²) in [5, 5.41) is 6.84. The summed E-state index contributed by atoms with van der Waals surface area (Å²) in [6.07, 6.45) is 5.25. The van der Waals surface area contributed by atoms with Crippen LogP contribution in [0, 0.1) is 5.92 Å². The lowest BCUT2D eigenvalue weighted by Crippen LogP contribution is -2.38. The lowest BCUT2D eigenvalue weighted by atomic mass is 9.99. The summed E-state index contributed by atoms with van der Waals surface area (Å²) >= 11 is 1.60. The topological polar surface area (TPSA) is 49.4 Å². The van der Waals surface area contributed by atoms with Crippen molar-refractivity contribution in [2.45, 2.75) is 26.7 Å². The van der Waals surface area contributed by atoms with Gasteiger partial charge >= 0.3 is 0 Å². The first kappa shape index (κ1) is 17.4. The average Bonchev–Trinajstić information content (AvgIpc) is 3.12. The monoisotopic (exact) mass is 354 g/mol. The maximum absolute atomic E-state index is 12.5. The Morgan fingerprint density at radius 2 is 2.12 bits per heavy atom. The van der Waals surface area contributed by atoms with E-state index in [9.17, 15) is 9.59 Å². The fraction of sp³-hybridized carbons (Fsp3) is 0.300. The predicted molar refractivity (Wildman–Crippen MR) is 104 cm³/mol. The first-order valence-corrected chi connectivity index (χ1v) is 9.44. The van der Waals surface area contributed by atoms with Gasteiger partial charge in [-0.15, -0.1) is 0 Å².